The van der Waals surface area contributed by atoms with Gasteiger partial charge >= 0.3 is 0 Å². The topological polar surface area (TPSA) is 66.5 Å². The van der Waals surface area contributed by atoms with E-state index in [0.29, 0.717) is 12.2 Å². The first-order valence-corrected chi connectivity index (χ1v) is 9.10. The van der Waals surface area contributed by atoms with Crippen molar-refractivity contribution in [3.05, 3.63) is 66.2 Å². The second-order valence-corrected chi connectivity index (χ2v) is 7.13. The molecule has 1 amide bonds. The summed E-state index contributed by atoms with van der Waals surface area (Å²) >= 11 is 0. The number of amides is 1. The summed E-state index contributed by atoms with van der Waals surface area (Å²) in [6.45, 7) is 1.94. The predicted molar refractivity (Wildman–Crippen MR) is 91.5 cm³/mol. The summed E-state index contributed by atoms with van der Waals surface area (Å²) in [7, 11) is -3.57. The van der Waals surface area contributed by atoms with Crippen LogP contribution in [0.2, 0.25) is 0 Å². The van der Waals surface area contributed by atoms with Gasteiger partial charge in [0.1, 0.15) is 6.04 Å². The van der Waals surface area contributed by atoms with Crippen LogP contribution in [0.25, 0.3) is 0 Å². The summed E-state index contributed by atoms with van der Waals surface area (Å²) < 4.78 is 25.3. The molecule has 0 saturated carbocycles. The molecule has 1 atom stereocenters. The van der Waals surface area contributed by atoms with Crippen molar-refractivity contribution in [2.45, 2.75) is 19.5 Å². The smallest absolute Gasteiger partial charge is 0.243 e. The quantitative estimate of drug-likeness (QED) is 0.881. The van der Waals surface area contributed by atoms with Gasteiger partial charge in [-0.25, -0.2) is 8.42 Å². The number of anilines is 1. The number of hydrogen-bond acceptors (Lipinski definition) is 3. The highest BCUT2D eigenvalue weighted by Gasteiger charge is 2.28. The van der Waals surface area contributed by atoms with Gasteiger partial charge in [0.15, 0.2) is 0 Å². The molecule has 2 rings (SSSR count). The fourth-order valence-electron chi connectivity index (χ4n) is 2.32. The first-order valence-electron chi connectivity index (χ1n) is 7.25. The maximum atomic E-state index is 12.4. The van der Waals surface area contributed by atoms with E-state index < -0.39 is 16.1 Å². The molecule has 122 valence electrons. The lowest BCUT2D eigenvalue weighted by Gasteiger charge is -2.28. The first kappa shape index (κ1) is 17.0. The Kier molecular flexibility index (Phi) is 5.39. The van der Waals surface area contributed by atoms with E-state index in [1.165, 1.54) is 0 Å². The van der Waals surface area contributed by atoms with E-state index in [9.17, 15) is 13.2 Å². The third-order valence-corrected chi connectivity index (χ3v) is 4.65. The Hall–Kier alpha value is -2.34. The number of carbonyl (C=O) groups excluding carboxylic acids is 1. The van der Waals surface area contributed by atoms with Crippen LogP contribution in [0.15, 0.2) is 60.7 Å². The molecule has 5 nitrogen and oxygen atoms in total. The molecular weight excluding hydrogens is 312 g/mol. The van der Waals surface area contributed by atoms with Crippen molar-refractivity contribution in [2.24, 2.45) is 0 Å². The normalized spacial score (nSPS) is 12.4. The first-order chi connectivity index (χ1) is 10.9. The third kappa shape index (κ3) is 4.56. The van der Waals surface area contributed by atoms with Crippen LogP contribution in [-0.2, 0) is 21.4 Å². The summed E-state index contributed by atoms with van der Waals surface area (Å²) in [6.07, 6.45) is 1.10. The number of benzene rings is 2. The predicted octanol–water partition coefficient (Wildman–Crippen LogP) is 2.16. The van der Waals surface area contributed by atoms with Crippen molar-refractivity contribution >= 4 is 21.6 Å². The van der Waals surface area contributed by atoms with Crippen LogP contribution in [0.3, 0.4) is 0 Å². The summed E-state index contributed by atoms with van der Waals surface area (Å²) in [5.74, 6) is -0.344. The van der Waals surface area contributed by atoms with Crippen LogP contribution in [0, 0.1) is 0 Å². The van der Waals surface area contributed by atoms with E-state index >= 15 is 0 Å². The van der Waals surface area contributed by atoms with Crippen LogP contribution in [0.1, 0.15) is 12.5 Å². The molecule has 0 aliphatic carbocycles. The number of para-hydroxylation sites is 1. The van der Waals surface area contributed by atoms with Crippen LogP contribution in [0.4, 0.5) is 5.69 Å². The van der Waals surface area contributed by atoms with Gasteiger partial charge in [-0.1, -0.05) is 48.5 Å². The van der Waals surface area contributed by atoms with Gasteiger partial charge in [-0.3, -0.25) is 9.10 Å². The summed E-state index contributed by atoms with van der Waals surface area (Å²) in [5.41, 5.74) is 1.43. The molecule has 0 spiro atoms. The van der Waals surface area contributed by atoms with Crippen molar-refractivity contribution in [1.29, 1.82) is 0 Å². The molecule has 1 N–H and O–H groups in total. The standard InChI is InChI=1S/C17H20N2O3S/c1-14(17(20)18-13-15-9-5-3-6-10-15)19(23(2,21)22)16-11-7-4-8-12-16/h3-12,14H,13H2,1-2H3,(H,18,20). The minimum Gasteiger partial charge on any atom is -0.350 e. The molecule has 0 bridgehead atoms. The number of nitrogens with zero attached hydrogens (tertiary/aromatic N) is 1. The summed E-state index contributed by atoms with van der Waals surface area (Å²) in [4.78, 5) is 12.4. The zero-order valence-corrected chi connectivity index (χ0v) is 14.0. The van der Waals surface area contributed by atoms with Gasteiger partial charge in [0.2, 0.25) is 15.9 Å². The average molecular weight is 332 g/mol. The number of carbonyl (C=O) groups is 1. The molecule has 0 aromatic heterocycles. The molecule has 0 aliphatic rings. The molecule has 6 heteroatoms. The van der Waals surface area contributed by atoms with Crippen LogP contribution < -0.4 is 9.62 Å². The second kappa shape index (κ2) is 7.28. The Morgan fingerprint density at radius 2 is 1.57 bits per heavy atom. The Balaban J connectivity index is 2.14. The van der Waals surface area contributed by atoms with Gasteiger partial charge in [-0.15, -0.1) is 0 Å². The van der Waals surface area contributed by atoms with Gasteiger partial charge in [-0.05, 0) is 24.6 Å². The summed E-state index contributed by atoms with van der Waals surface area (Å²) in [5, 5.41) is 2.78. The molecule has 1 unspecified atom stereocenters. The number of nitrogens with one attached hydrogen (secondary N) is 1. The lowest BCUT2D eigenvalue weighted by Crippen LogP contribution is -2.47. The fourth-order valence-corrected chi connectivity index (χ4v) is 3.49. The molecule has 0 saturated heterocycles. The van der Waals surface area contributed by atoms with E-state index in [4.69, 9.17) is 0 Å². The van der Waals surface area contributed by atoms with Crippen molar-refractivity contribution in [2.75, 3.05) is 10.6 Å². The van der Waals surface area contributed by atoms with Gasteiger partial charge in [0, 0.05) is 6.54 Å². The minimum absolute atomic E-state index is 0.344. The van der Waals surface area contributed by atoms with Gasteiger partial charge in [0.25, 0.3) is 0 Å². The Labute approximate surface area is 137 Å². The maximum absolute atomic E-state index is 12.4. The maximum Gasteiger partial charge on any atom is 0.243 e. The molecule has 2 aromatic carbocycles. The van der Waals surface area contributed by atoms with E-state index in [1.54, 1.807) is 37.3 Å². The third-order valence-electron chi connectivity index (χ3n) is 3.41. The lowest BCUT2D eigenvalue weighted by molar-refractivity contribution is -0.122. The highest BCUT2D eigenvalue weighted by Crippen LogP contribution is 2.20. The Morgan fingerprint density at radius 3 is 2.09 bits per heavy atom. The Bertz CT molecular complexity index is 746. The average Bonchev–Trinajstić information content (AvgIpc) is 2.53. The highest BCUT2D eigenvalue weighted by molar-refractivity contribution is 7.92. The monoisotopic (exact) mass is 332 g/mol. The number of hydrogen-bond donors (Lipinski definition) is 1. The largest absolute Gasteiger partial charge is 0.350 e. The molecule has 0 radical (unpaired) electrons. The van der Waals surface area contributed by atoms with Gasteiger partial charge < -0.3 is 5.32 Å². The highest BCUT2D eigenvalue weighted by atomic mass is 32.2. The van der Waals surface area contributed by atoms with Gasteiger partial charge in [-0.2, -0.15) is 0 Å². The molecular formula is C17H20N2O3S. The van der Waals surface area contributed by atoms with Gasteiger partial charge in [0.05, 0.1) is 11.9 Å². The molecule has 0 aliphatic heterocycles. The number of rotatable bonds is 6. The van der Waals surface area contributed by atoms with Crippen molar-refractivity contribution < 1.29 is 13.2 Å². The minimum atomic E-state index is -3.57. The fraction of sp³-hybridized carbons (Fsp3) is 0.235. The van der Waals surface area contributed by atoms with Crippen LogP contribution in [0.5, 0.6) is 0 Å². The van der Waals surface area contributed by atoms with E-state index in [-0.39, 0.29) is 5.91 Å². The van der Waals surface area contributed by atoms with E-state index in [0.717, 1.165) is 16.1 Å². The molecule has 23 heavy (non-hydrogen) atoms. The van der Waals surface area contributed by atoms with Crippen LogP contribution >= 0.6 is 0 Å². The molecule has 0 heterocycles. The van der Waals surface area contributed by atoms with Crippen molar-refractivity contribution in [1.82, 2.24) is 5.32 Å². The Morgan fingerprint density at radius 1 is 1.04 bits per heavy atom. The lowest BCUT2D eigenvalue weighted by atomic mass is 10.2. The van der Waals surface area contributed by atoms with Crippen LogP contribution in [-0.4, -0.2) is 26.6 Å². The molecule has 2 aromatic rings. The van der Waals surface area contributed by atoms with E-state index in [1.807, 2.05) is 30.3 Å². The van der Waals surface area contributed by atoms with E-state index in [2.05, 4.69) is 5.32 Å². The molecule has 0 fully saturated rings. The SMILES string of the molecule is CC(C(=O)NCc1ccccc1)N(c1ccccc1)S(C)(=O)=O. The van der Waals surface area contributed by atoms with Crippen molar-refractivity contribution in [3.8, 4) is 0 Å². The zero-order chi connectivity index (χ0) is 16.9. The number of sulfonamides is 1. The second-order valence-electron chi connectivity index (χ2n) is 5.27. The summed E-state index contributed by atoms with van der Waals surface area (Å²) in [6, 6.07) is 17.2. The van der Waals surface area contributed by atoms with Crippen molar-refractivity contribution in [3.63, 3.8) is 0 Å². The zero-order valence-electron chi connectivity index (χ0n) is 13.1.